The zero-order valence-electron chi connectivity index (χ0n) is 12.6. The van der Waals surface area contributed by atoms with Gasteiger partial charge in [-0.3, -0.25) is 9.56 Å². The third-order valence-electron chi connectivity index (χ3n) is 3.78. The van der Waals surface area contributed by atoms with Crippen LogP contribution in [-0.4, -0.2) is 15.8 Å². The molecule has 0 bridgehead atoms. The highest BCUT2D eigenvalue weighted by atomic mass is 16.1. The maximum atomic E-state index is 12.1. The molecule has 0 spiro atoms. The van der Waals surface area contributed by atoms with E-state index in [1.54, 1.807) is 22.9 Å². The Hall–Kier alpha value is -2.36. The van der Waals surface area contributed by atoms with Crippen molar-refractivity contribution >= 4 is 6.21 Å². The monoisotopic (exact) mass is 285 g/mol. The minimum absolute atomic E-state index is 0. The summed E-state index contributed by atoms with van der Waals surface area (Å²) in [7, 11) is 0. The lowest BCUT2D eigenvalue weighted by Crippen LogP contribution is -2.19. The lowest BCUT2D eigenvalue weighted by atomic mass is 10.1. The van der Waals surface area contributed by atoms with Crippen LogP contribution in [0, 0.1) is 0 Å². The van der Waals surface area contributed by atoms with Gasteiger partial charge >= 0.3 is 5.69 Å². The predicted molar refractivity (Wildman–Crippen MR) is 89.9 cm³/mol. The van der Waals surface area contributed by atoms with Gasteiger partial charge in [0.15, 0.2) is 0 Å². The summed E-state index contributed by atoms with van der Waals surface area (Å²) in [5.41, 5.74) is 4.99. The first-order chi connectivity index (χ1) is 10.1. The molecule has 4 heteroatoms. The number of imidazole rings is 1. The van der Waals surface area contributed by atoms with Crippen LogP contribution in [0.25, 0.3) is 0 Å². The van der Waals surface area contributed by atoms with Gasteiger partial charge in [0.2, 0.25) is 0 Å². The highest BCUT2D eigenvalue weighted by molar-refractivity contribution is 5.80. The molecule has 0 amide bonds. The summed E-state index contributed by atoms with van der Waals surface area (Å²) in [5.74, 6) is 0. The third kappa shape index (κ3) is 3.21. The molecule has 21 heavy (non-hydrogen) atoms. The second-order valence-corrected chi connectivity index (χ2v) is 5.17. The Bertz CT molecular complexity index is 717. The van der Waals surface area contributed by atoms with Crippen LogP contribution >= 0.6 is 0 Å². The SMILES string of the molecule is C=C/C=C(\C=C)CCn1c2c([nH]c1=O)C=NC(C)=C(C)C2.[HH]. The van der Waals surface area contributed by atoms with Crippen molar-refractivity contribution in [1.82, 2.24) is 9.55 Å². The molecule has 0 atom stereocenters. The number of H-pyrrole nitrogens is 1. The number of hydrogen-bond acceptors (Lipinski definition) is 2. The molecule has 2 rings (SSSR count). The summed E-state index contributed by atoms with van der Waals surface area (Å²) in [5, 5.41) is 0. The summed E-state index contributed by atoms with van der Waals surface area (Å²) in [6.07, 6.45) is 8.69. The van der Waals surface area contributed by atoms with Gasteiger partial charge in [-0.05, 0) is 31.4 Å². The molecule has 1 aliphatic rings. The Kier molecular flexibility index (Phi) is 4.58. The second-order valence-electron chi connectivity index (χ2n) is 5.17. The number of nitrogens with one attached hydrogen (secondary N) is 1. The summed E-state index contributed by atoms with van der Waals surface area (Å²) < 4.78 is 1.80. The fraction of sp³-hybridized carbons (Fsp3) is 0.294. The van der Waals surface area contributed by atoms with E-state index in [1.165, 1.54) is 5.57 Å². The molecule has 0 saturated heterocycles. The quantitative estimate of drug-likeness (QED) is 0.828. The number of allylic oxidation sites excluding steroid dienone is 6. The van der Waals surface area contributed by atoms with E-state index in [0.29, 0.717) is 6.54 Å². The fourth-order valence-electron chi connectivity index (χ4n) is 2.35. The van der Waals surface area contributed by atoms with Crippen LogP contribution in [0.15, 0.2) is 58.0 Å². The minimum atomic E-state index is -0.0826. The number of aromatic nitrogens is 2. The topological polar surface area (TPSA) is 50.1 Å². The maximum Gasteiger partial charge on any atom is 0.326 e. The van der Waals surface area contributed by atoms with Crippen molar-refractivity contribution in [1.29, 1.82) is 0 Å². The van der Waals surface area contributed by atoms with Crippen LogP contribution in [-0.2, 0) is 13.0 Å². The van der Waals surface area contributed by atoms with Crippen molar-refractivity contribution in [2.24, 2.45) is 4.99 Å². The zero-order valence-corrected chi connectivity index (χ0v) is 12.6. The van der Waals surface area contributed by atoms with E-state index in [-0.39, 0.29) is 7.12 Å². The molecular weight excluding hydrogens is 262 g/mol. The van der Waals surface area contributed by atoms with Gasteiger partial charge in [0, 0.05) is 20.1 Å². The average Bonchev–Trinajstić information content (AvgIpc) is 2.68. The number of aromatic amines is 1. The van der Waals surface area contributed by atoms with Crippen LogP contribution in [0.3, 0.4) is 0 Å². The molecular formula is C17H23N3O. The largest absolute Gasteiger partial charge is 0.326 e. The van der Waals surface area contributed by atoms with Crippen LogP contribution in [0.5, 0.6) is 0 Å². The Morgan fingerprint density at radius 3 is 2.95 bits per heavy atom. The summed E-state index contributed by atoms with van der Waals surface area (Å²) in [4.78, 5) is 19.4. The number of rotatable bonds is 5. The van der Waals surface area contributed by atoms with Gasteiger partial charge in [0.1, 0.15) is 0 Å². The van der Waals surface area contributed by atoms with E-state index in [9.17, 15) is 4.79 Å². The van der Waals surface area contributed by atoms with E-state index in [2.05, 4.69) is 30.1 Å². The summed E-state index contributed by atoms with van der Waals surface area (Å²) in [6, 6.07) is 0. The summed E-state index contributed by atoms with van der Waals surface area (Å²) in [6.45, 7) is 12.1. The molecule has 0 saturated carbocycles. The highest BCUT2D eigenvalue weighted by Crippen LogP contribution is 2.18. The van der Waals surface area contributed by atoms with Crippen molar-refractivity contribution in [2.45, 2.75) is 33.2 Å². The van der Waals surface area contributed by atoms with Gasteiger partial charge in [0.05, 0.1) is 17.6 Å². The number of aliphatic imine (C=N–C) groups is 1. The van der Waals surface area contributed by atoms with Crippen LogP contribution in [0.1, 0.15) is 33.1 Å². The van der Waals surface area contributed by atoms with Crippen molar-refractivity contribution < 1.29 is 1.43 Å². The molecule has 0 aliphatic carbocycles. The van der Waals surface area contributed by atoms with E-state index < -0.39 is 0 Å². The van der Waals surface area contributed by atoms with E-state index >= 15 is 0 Å². The maximum absolute atomic E-state index is 12.1. The molecule has 1 aliphatic heterocycles. The van der Waals surface area contributed by atoms with E-state index in [0.717, 1.165) is 35.5 Å². The van der Waals surface area contributed by atoms with Gasteiger partial charge in [-0.15, -0.1) is 0 Å². The van der Waals surface area contributed by atoms with Crippen molar-refractivity contribution in [3.8, 4) is 0 Å². The average molecular weight is 285 g/mol. The Morgan fingerprint density at radius 2 is 2.29 bits per heavy atom. The number of hydrogen-bond donors (Lipinski definition) is 1. The van der Waals surface area contributed by atoms with Crippen LogP contribution in [0.4, 0.5) is 0 Å². The van der Waals surface area contributed by atoms with Gasteiger partial charge in [-0.2, -0.15) is 0 Å². The van der Waals surface area contributed by atoms with E-state index in [1.807, 2.05) is 13.0 Å². The third-order valence-corrected chi connectivity index (χ3v) is 3.78. The first-order valence-electron chi connectivity index (χ1n) is 7.03. The molecule has 1 aromatic heterocycles. The normalized spacial score (nSPS) is 14.9. The molecule has 2 heterocycles. The molecule has 112 valence electrons. The molecule has 0 aromatic carbocycles. The fourth-order valence-corrected chi connectivity index (χ4v) is 2.35. The Morgan fingerprint density at radius 1 is 1.52 bits per heavy atom. The molecule has 0 radical (unpaired) electrons. The van der Waals surface area contributed by atoms with Crippen molar-refractivity contribution in [2.75, 3.05) is 0 Å². The lowest BCUT2D eigenvalue weighted by Gasteiger charge is -2.08. The summed E-state index contributed by atoms with van der Waals surface area (Å²) >= 11 is 0. The first-order valence-corrected chi connectivity index (χ1v) is 7.03. The molecule has 0 fully saturated rings. The van der Waals surface area contributed by atoms with Crippen LogP contribution in [0.2, 0.25) is 0 Å². The molecule has 1 N–H and O–H groups in total. The Labute approximate surface area is 126 Å². The van der Waals surface area contributed by atoms with Crippen LogP contribution < -0.4 is 5.69 Å². The van der Waals surface area contributed by atoms with Gasteiger partial charge in [0.25, 0.3) is 0 Å². The standard InChI is InChI=1S/C17H21N3O.H2/c1-5-7-14(6-2)8-9-20-16-10-12(3)13(4)18-11-15(16)19-17(20)21;/h5-7,11H,1-2,8-10H2,3-4H3,(H,19,21);1H/b14-7+;. The van der Waals surface area contributed by atoms with Gasteiger partial charge in [-0.25, -0.2) is 4.79 Å². The predicted octanol–water partition coefficient (Wildman–Crippen LogP) is 3.38. The smallest absolute Gasteiger partial charge is 0.304 e. The van der Waals surface area contributed by atoms with Gasteiger partial charge in [-0.1, -0.05) is 31.4 Å². The molecule has 4 nitrogen and oxygen atoms in total. The lowest BCUT2D eigenvalue weighted by molar-refractivity contribution is 0.646. The highest BCUT2D eigenvalue weighted by Gasteiger charge is 2.16. The molecule has 0 unspecified atom stereocenters. The number of fused-ring (bicyclic) bond motifs is 1. The van der Waals surface area contributed by atoms with Gasteiger partial charge < -0.3 is 4.98 Å². The van der Waals surface area contributed by atoms with E-state index in [4.69, 9.17) is 0 Å². The second kappa shape index (κ2) is 6.39. The first kappa shape index (κ1) is 15.0. The Balaban J connectivity index is 0.00000242. The van der Waals surface area contributed by atoms with Crippen molar-refractivity contribution in [3.63, 3.8) is 0 Å². The molecule has 1 aromatic rings. The number of nitrogens with zero attached hydrogens (tertiary/aromatic N) is 2. The zero-order chi connectivity index (χ0) is 15.4. The van der Waals surface area contributed by atoms with Crippen molar-refractivity contribution in [3.05, 3.63) is 70.1 Å². The minimum Gasteiger partial charge on any atom is -0.304 e.